The van der Waals surface area contributed by atoms with Gasteiger partial charge in [0.05, 0.1) is 0 Å². The molecular weight excluding hydrogens is 210 g/mol. The third kappa shape index (κ3) is 2.43. The fourth-order valence-electron chi connectivity index (χ4n) is 2.61. The van der Waals surface area contributed by atoms with Crippen molar-refractivity contribution in [3.05, 3.63) is 29.3 Å². The zero-order valence-corrected chi connectivity index (χ0v) is 10.7. The van der Waals surface area contributed by atoms with Crippen LogP contribution in [0.4, 0.5) is 5.69 Å². The molecule has 0 saturated carbocycles. The summed E-state index contributed by atoms with van der Waals surface area (Å²) in [6.45, 7) is 5.45. The summed E-state index contributed by atoms with van der Waals surface area (Å²) in [4.78, 5) is 2.46. The normalized spacial score (nSPS) is 20.4. The van der Waals surface area contributed by atoms with Crippen LogP contribution in [0.2, 0.25) is 0 Å². The molecule has 1 atom stereocenters. The highest BCUT2D eigenvalue weighted by molar-refractivity contribution is 5.96. The second kappa shape index (κ2) is 4.78. The lowest BCUT2D eigenvalue weighted by Gasteiger charge is -2.35. The van der Waals surface area contributed by atoms with E-state index in [9.17, 15) is 0 Å². The number of amidine groups is 1. The van der Waals surface area contributed by atoms with Gasteiger partial charge in [0.2, 0.25) is 0 Å². The Morgan fingerprint density at radius 3 is 2.76 bits per heavy atom. The van der Waals surface area contributed by atoms with E-state index in [2.05, 4.69) is 24.0 Å². The van der Waals surface area contributed by atoms with Crippen LogP contribution in [-0.2, 0) is 0 Å². The van der Waals surface area contributed by atoms with Crippen LogP contribution in [0.3, 0.4) is 0 Å². The summed E-state index contributed by atoms with van der Waals surface area (Å²) in [5.41, 5.74) is 8.74. The van der Waals surface area contributed by atoms with E-state index in [1.165, 1.54) is 24.9 Å². The highest BCUT2D eigenvalue weighted by atomic mass is 15.2. The quantitative estimate of drug-likeness (QED) is 0.607. The van der Waals surface area contributed by atoms with E-state index in [4.69, 9.17) is 11.1 Å². The molecule has 1 saturated heterocycles. The monoisotopic (exact) mass is 231 g/mol. The molecule has 1 aliphatic heterocycles. The third-order valence-corrected chi connectivity index (χ3v) is 3.63. The predicted molar refractivity (Wildman–Crippen MR) is 72.9 cm³/mol. The van der Waals surface area contributed by atoms with E-state index in [-0.39, 0.29) is 5.84 Å². The van der Waals surface area contributed by atoms with Gasteiger partial charge >= 0.3 is 0 Å². The largest absolute Gasteiger partial charge is 0.384 e. The zero-order valence-electron chi connectivity index (χ0n) is 10.7. The number of anilines is 1. The van der Waals surface area contributed by atoms with Crippen molar-refractivity contribution in [1.29, 1.82) is 5.41 Å². The Hall–Kier alpha value is -1.51. The number of benzene rings is 1. The van der Waals surface area contributed by atoms with Crippen LogP contribution < -0.4 is 10.6 Å². The Morgan fingerprint density at radius 1 is 1.41 bits per heavy atom. The first-order valence-corrected chi connectivity index (χ1v) is 6.31. The number of piperidine rings is 1. The summed E-state index contributed by atoms with van der Waals surface area (Å²) in [5.74, 6) is 0.153. The van der Waals surface area contributed by atoms with Gasteiger partial charge in [-0.05, 0) is 56.9 Å². The molecule has 0 radical (unpaired) electrons. The van der Waals surface area contributed by atoms with Gasteiger partial charge in [0, 0.05) is 23.8 Å². The lowest BCUT2D eigenvalue weighted by molar-refractivity contribution is 0.485. The summed E-state index contributed by atoms with van der Waals surface area (Å²) in [6, 6.07) is 6.82. The van der Waals surface area contributed by atoms with Gasteiger partial charge in [-0.15, -0.1) is 0 Å². The fraction of sp³-hybridized carbons (Fsp3) is 0.500. The Morgan fingerprint density at radius 2 is 2.18 bits per heavy atom. The van der Waals surface area contributed by atoms with Crippen LogP contribution in [0.1, 0.15) is 37.3 Å². The minimum Gasteiger partial charge on any atom is -0.384 e. The maximum absolute atomic E-state index is 7.49. The molecule has 1 unspecified atom stereocenters. The van der Waals surface area contributed by atoms with Crippen molar-refractivity contribution in [3.63, 3.8) is 0 Å². The lowest BCUT2D eigenvalue weighted by Crippen LogP contribution is -2.37. The van der Waals surface area contributed by atoms with Gasteiger partial charge in [0.15, 0.2) is 0 Å². The molecular formula is C14H21N3. The number of nitrogens with one attached hydrogen (secondary N) is 1. The minimum atomic E-state index is 0.153. The summed E-state index contributed by atoms with van der Waals surface area (Å²) in [7, 11) is 0. The first-order chi connectivity index (χ1) is 8.09. The van der Waals surface area contributed by atoms with Crippen LogP contribution in [0.15, 0.2) is 18.2 Å². The predicted octanol–water partition coefficient (Wildman–Crippen LogP) is 2.66. The van der Waals surface area contributed by atoms with Crippen molar-refractivity contribution in [2.75, 3.05) is 11.4 Å². The minimum absolute atomic E-state index is 0.153. The summed E-state index contributed by atoms with van der Waals surface area (Å²) < 4.78 is 0. The van der Waals surface area contributed by atoms with Crippen molar-refractivity contribution in [3.8, 4) is 0 Å². The van der Waals surface area contributed by atoms with Gasteiger partial charge in [-0.3, -0.25) is 5.41 Å². The molecule has 0 bridgehead atoms. The zero-order chi connectivity index (χ0) is 12.4. The van der Waals surface area contributed by atoms with E-state index in [1.54, 1.807) is 0 Å². The average Bonchev–Trinajstić information content (AvgIpc) is 2.29. The summed E-state index contributed by atoms with van der Waals surface area (Å²) >= 11 is 0. The lowest BCUT2D eigenvalue weighted by atomic mass is 10.0. The van der Waals surface area contributed by atoms with E-state index >= 15 is 0 Å². The number of rotatable bonds is 2. The number of hydrogen-bond donors (Lipinski definition) is 2. The second-order valence-corrected chi connectivity index (χ2v) is 4.95. The first kappa shape index (κ1) is 12.0. The van der Waals surface area contributed by atoms with Crippen molar-refractivity contribution >= 4 is 11.5 Å². The number of nitrogens with two attached hydrogens (primary N) is 1. The Kier molecular flexibility index (Phi) is 3.36. The molecule has 0 aliphatic carbocycles. The molecule has 0 amide bonds. The summed E-state index contributed by atoms with van der Waals surface area (Å²) in [6.07, 6.45) is 3.88. The van der Waals surface area contributed by atoms with Gasteiger partial charge < -0.3 is 10.6 Å². The number of nitrogen functional groups attached to an aromatic ring is 1. The fourth-order valence-corrected chi connectivity index (χ4v) is 2.61. The SMILES string of the molecule is Cc1cc(N2CCCCC2C)ccc1C(=N)N. The van der Waals surface area contributed by atoms with E-state index in [1.807, 2.05) is 13.0 Å². The van der Waals surface area contributed by atoms with Gasteiger partial charge in [0.1, 0.15) is 5.84 Å². The average molecular weight is 231 g/mol. The standard InChI is InChI=1S/C14H21N3/c1-10-9-12(6-7-13(10)14(15)16)17-8-4-3-5-11(17)2/h6-7,9,11H,3-5,8H2,1-2H3,(H3,15,16). The maximum atomic E-state index is 7.49. The molecule has 1 aliphatic rings. The highest BCUT2D eigenvalue weighted by Gasteiger charge is 2.18. The Bertz CT molecular complexity index is 425. The van der Waals surface area contributed by atoms with Gasteiger partial charge in [-0.2, -0.15) is 0 Å². The maximum Gasteiger partial charge on any atom is 0.123 e. The highest BCUT2D eigenvalue weighted by Crippen LogP contribution is 2.26. The Balaban J connectivity index is 2.27. The molecule has 0 spiro atoms. The second-order valence-electron chi connectivity index (χ2n) is 4.95. The van der Waals surface area contributed by atoms with Crippen molar-refractivity contribution < 1.29 is 0 Å². The topological polar surface area (TPSA) is 53.1 Å². The van der Waals surface area contributed by atoms with Crippen LogP contribution in [-0.4, -0.2) is 18.4 Å². The smallest absolute Gasteiger partial charge is 0.123 e. The van der Waals surface area contributed by atoms with Crippen molar-refractivity contribution in [1.82, 2.24) is 0 Å². The van der Waals surface area contributed by atoms with Crippen LogP contribution >= 0.6 is 0 Å². The van der Waals surface area contributed by atoms with Crippen molar-refractivity contribution in [2.24, 2.45) is 5.73 Å². The molecule has 1 fully saturated rings. The molecule has 1 heterocycles. The van der Waals surface area contributed by atoms with E-state index in [0.29, 0.717) is 6.04 Å². The first-order valence-electron chi connectivity index (χ1n) is 6.31. The molecule has 1 aromatic carbocycles. The van der Waals surface area contributed by atoms with E-state index < -0.39 is 0 Å². The van der Waals surface area contributed by atoms with Crippen LogP contribution in [0, 0.1) is 12.3 Å². The Labute approximate surface area is 103 Å². The van der Waals surface area contributed by atoms with Gasteiger partial charge in [0.25, 0.3) is 0 Å². The van der Waals surface area contributed by atoms with E-state index in [0.717, 1.165) is 17.7 Å². The number of aryl methyl sites for hydroxylation is 1. The molecule has 0 aromatic heterocycles. The molecule has 17 heavy (non-hydrogen) atoms. The van der Waals surface area contributed by atoms with Gasteiger partial charge in [-0.1, -0.05) is 0 Å². The summed E-state index contributed by atoms with van der Waals surface area (Å²) in [5, 5.41) is 7.49. The molecule has 3 heteroatoms. The third-order valence-electron chi connectivity index (χ3n) is 3.63. The molecule has 3 nitrogen and oxygen atoms in total. The van der Waals surface area contributed by atoms with Crippen molar-refractivity contribution in [2.45, 2.75) is 39.2 Å². The molecule has 3 N–H and O–H groups in total. The molecule has 1 aromatic rings. The van der Waals surface area contributed by atoms with Crippen LogP contribution in [0.5, 0.6) is 0 Å². The number of hydrogen-bond acceptors (Lipinski definition) is 2. The van der Waals surface area contributed by atoms with Crippen LogP contribution in [0.25, 0.3) is 0 Å². The molecule has 92 valence electrons. The molecule has 2 rings (SSSR count). The number of nitrogens with zero attached hydrogens (tertiary/aromatic N) is 1. The van der Waals surface area contributed by atoms with Gasteiger partial charge in [-0.25, -0.2) is 0 Å².